The highest BCUT2D eigenvalue weighted by Crippen LogP contribution is 2.27. The first-order valence-electron chi connectivity index (χ1n) is 10.5. The molecule has 6 heteroatoms. The lowest BCUT2D eigenvalue weighted by Gasteiger charge is -2.32. The predicted molar refractivity (Wildman–Crippen MR) is 119 cm³/mol. The van der Waals surface area contributed by atoms with E-state index in [2.05, 4.69) is 39.5 Å². The molecule has 0 spiro atoms. The highest BCUT2D eigenvalue weighted by atomic mass is 16.5. The number of ether oxygens (including phenoxy) is 1. The smallest absolute Gasteiger partial charge is 0.323 e. The van der Waals surface area contributed by atoms with Crippen LogP contribution in [-0.2, 0) is 4.74 Å². The van der Waals surface area contributed by atoms with Crippen LogP contribution in [0.25, 0.3) is 0 Å². The topological polar surface area (TPSA) is 56.8 Å². The molecule has 2 amide bonds. The average Bonchev–Trinajstić information content (AvgIpc) is 2.76. The van der Waals surface area contributed by atoms with Crippen molar-refractivity contribution >= 4 is 28.8 Å². The van der Waals surface area contributed by atoms with Gasteiger partial charge in [-0.15, -0.1) is 0 Å². The molecule has 2 heterocycles. The maximum atomic E-state index is 12.6. The van der Waals surface area contributed by atoms with Crippen LogP contribution in [0.1, 0.15) is 19.8 Å². The molecule has 4 rings (SSSR count). The minimum atomic E-state index is -0.231. The number of anilines is 4. The molecule has 0 aromatic heterocycles. The summed E-state index contributed by atoms with van der Waals surface area (Å²) in [7, 11) is 0. The molecule has 0 unspecified atom stereocenters. The van der Waals surface area contributed by atoms with Gasteiger partial charge in [-0.2, -0.15) is 0 Å². The lowest BCUT2D eigenvalue weighted by molar-refractivity contribution is 0.123. The zero-order valence-electron chi connectivity index (χ0n) is 17.1. The molecule has 154 valence electrons. The number of hydrogen-bond acceptors (Lipinski definition) is 4. The molecule has 2 aliphatic heterocycles. The second-order valence-corrected chi connectivity index (χ2v) is 7.91. The number of nitrogens with one attached hydrogen (secondary N) is 2. The third-order valence-electron chi connectivity index (χ3n) is 5.78. The number of urea groups is 1. The van der Waals surface area contributed by atoms with Gasteiger partial charge in [-0.25, -0.2) is 4.79 Å². The van der Waals surface area contributed by atoms with Crippen LogP contribution in [0.15, 0.2) is 48.5 Å². The second-order valence-electron chi connectivity index (χ2n) is 7.91. The number of rotatable bonds is 4. The maximum absolute atomic E-state index is 12.6. The third-order valence-corrected chi connectivity index (χ3v) is 5.78. The van der Waals surface area contributed by atoms with E-state index in [0.717, 1.165) is 49.2 Å². The van der Waals surface area contributed by atoms with E-state index in [1.54, 1.807) is 0 Å². The molecule has 2 N–H and O–H groups in total. The summed E-state index contributed by atoms with van der Waals surface area (Å²) in [5.41, 5.74) is 3.85. The fourth-order valence-electron chi connectivity index (χ4n) is 3.97. The van der Waals surface area contributed by atoms with E-state index < -0.39 is 0 Å². The Morgan fingerprint density at radius 2 is 1.59 bits per heavy atom. The van der Waals surface area contributed by atoms with Crippen LogP contribution in [-0.4, -0.2) is 45.4 Å². The number of piperidine rings is 1. The van der Waals surface area contributed by atoms with Gasteiger partial charge in [0.05, 0.1) is 24.6 Å². The Balaban J connectivity index is 1.36. The SMILES string of the molecule is CC1CCN(c2ccc(NC(=O)Nc3ccccc3N3CCOCC3)cc2)CC1. The van der Waals surface area contributed by atoms with Crippen molar-refractivity contribution in [3.63, 3.8) is 0 Å². The van der Waals surface area contributed by atoms with Crippen molar-refractivity contribution in [3.05, 3.63) is 48.5 Å². The fourth-order valence-corrected chi connectivity index (χ4v) is 3.97. The van der Waals surface area contributed by atoms with Crippen molar-refractivity contribution in [2.75, 3.05) is 59.8 Å². The van der Waals surface area contributed by atoms with E-state index >= 15 is 0 Å². The number of para-hydroxylation sites is 2. The number of benzene rings is 2. The highest BCUT2D eigenvalue weighted by Gasteiger charge is 2.17. The summed E-state index contributed by atoms with van der Waals surface area (Å²) >= 11 is 0. The molecule has 2 aliphatic rings. The molecule has 0 atom stereocenters. The van der Waals surface area contributed by atoms with E-state index in [9.17, 15) is 4.79 Å². The summed E-state index contributed by atoms with van der Waals surface area (Å²) in [4.78, 5) is 17.2. The van der Waals surface area contributed by atoms with Gasteiger partial charge in [0.25, 0.3) is 0 Å². The number of amides is 2. The molecule has 2 saturated heterocycles. The van der Waals surface area contributed by atoms with Crippen molar-refractivity contribution in [1.29, 1.82) is 0 Å². The summed E-state index contributed by atoms with van der Waals surface area (Å²) in [6, 6.07) is 15.8. The van der Waals surface area contributed by atoms with Gasteiger partial charge < -0.3 is 25.2 Å². The fraction of sp³-hybridized carbons (Fsp3) is 0.435. The Morgan fingerprint density at radius 3 is 2.31 bits per heavy atom. The first-order valence-corrected chi connectivity index (χ1v) is 10.5. The van der Waals surface area contributed by atoms with Gasteiger partial charge in [0.1, 0.15) is 0 Å². The monoisotopic (exact) mass is 394 g/mol. The minimum Gasteiger partial charge on any atom is -0.378 e. The van der Waals surface area contributed by atoms with Crippen LogP contribution in [0.2, 0.25) is 0 Å². The van der Waals surface area contributed by atoms with Gasteiger partial charge in [-0.05, 0) is 55.2 Å². The van der Waals surface area contributed by atoms with Crippen LogP contribution in [0, 0.1) is 5.92 Å². The zero-order chi connectivity index (χ0) is 20.1. The molecule has 0 radical (unpaired) electrons. The summed E-state index contributed by atoms with van der Waals surface area (Å²) < 4.78 is 5.43. The standard InChI is InChI=1S/C23H30N4O2/c1-18-10-12-26(13-11-18)20-8-6-19(7-9-20)24-23(28)25-21-4-2-3-5-22(21)27-14-16-29-17-15-27/h2-9,18H,10-17H2,1H3,(H2,24,25,28). The lowest BCUT2D eigenvalue weighted by Crippen LogP contribution is -2.37. The normalized spacial score (nSPS) is 17.8. The van der Waals surface area contributed by atoms with Gasteiger partial charge in [0.2, 0.25) is 0 Å². The van der Waals surface area contributed by atoms with Gasteiger partial charge in [-0.1, -0.05) is 19.1 Å². The number of carbonyl (C=O) groups excluding carboxylic acids is 1. The molecule has 0 saturated carbocycles. The largest absolute Gasteiger partial charge is 0.378 e. The van der Waals surface area contributed by atoms with Gasteiger partial charge >= 0.3 is 6.03 Å². The van der Waals surface area contributed by atoms with E-state index in [1.165, 1.54) is 18.5 Å². The molecule has 6 nitrogen and oxygen atoms in total. The highest BCUT2D eigenvalue weighted by molar-refractivity contribution is 6.01. The first-order chi connectivity index (χ1) is 14.2. The number of hydrogen-bond donors (Lipinski definition) is 2. The van der Waals surface area contributed by atoms with Crippen LogP contribution >= 0.6 is 0 Å². The molecule has 29 heavy (non-hydrogen) atoms. The zero-order valence-corrected chi connectivity index (χ0v) is 17.1. The molecule has 2 aromatic rings. The number of nitrogens with zero attached hydrogens (tertiary/aromatic N) is 2. The van der Waals surface area contributed by atoms with E-state index in [-0.39, 0.29) is 6.03 Å². The maximum Gasteiger partial charge on any atom is 0.323 e. The Bertz CT molecular complexity index is 810. The van der Waals surface area contributed by atoms with Gasteiger partial charge in [0, 0.05) is 37.6 Å². The molecule has 0 aliphatic carbocycles. The Morgan fingerprint density at radius 1 is 0.897 bits per heavy atom. The summed E-state index contributed by atoms with van der Waals surface area (Å²) in [5.74, 6) is 0.816. The molecule has 2 fully saturated rings. The number of morpholine rings is 1. The van der Waals surface area contributed by atoms with Gasteiger partial charge in [0.15, 0.2) is 0 Å². The second kappa shape index (κ2) is 9.18. The number of carbonyl (C=O) groups is 1. The Hall–Kier alpha value is -2.73. The Kier molecular flexibility index (Phi) is 6.20. The van der Waals surface area contributed by atoms with Crippen molar-refractivity contribution < 1.29 is 9.53 Å². The summed E-state index contributed by atoms with van der Waals surface area (Å²) in [5, 5.41) is 5.94. The third kappa shape index (κ3) is 5.01. The molecule has 0 bridgehead atoms. The van der Waals surface area contributed by atoms with Crippen molar-refractivity contribution in [2.24, 2.45) is 5.92 Å². The van der Waals surface area contributed by atoms with Crippen molar-refractivity contribution in [2.45, 2.75) is 19.8 Å². The Labute approximate surface area is 172 Å². The summed E-state index contributed by atoms with van der Waals surface area (Å²) in [6.07, 6.45) is 2.48. The molecular weight excluding hydrogens is 364 g/mol. The summed E-state index contributed by atoms with van der Waals surface area (Å²) in [6.45, 7) is 7.61. The van der Waals surface area contributed by atoms with Crippen molar-refractivity contribution in [1.82, 2.24) is 0 Å². The van der Waals surface area contributed by atoms with Crippen molar-refractivity contribution in [3.8, 4) is 0 Å². The van der Waals surface area contributed by atoms with E-state index in [0.29, 0.717) is 13.2 Å². The lowest BCUT2D eigenvalue weighted by atomic mass is 9.99. The average molecular weight is 395 g/mol. The first kappa shape index (κ1) is 19.6. The molecular formula is C23H30N4O2. The van der Waals surface area contributed by atoms with Gasteiger partial charge in [-0.3, -0.25) is 0 Å². The van der Waals surface area contributed by atoms with Crippen LogP contribution in [0.4, 0.5) is 27.5 Å². The van der Waals surface area contributed by atoms with E-state index in [4.69, 9.17) is 4.74 Å². The molecule has 2 aromatic carbocycles. The minimum absolute atomic E-state index is 0.231. The van der Waals surface area contributed by atoms with Crippen LogP contribution in [0.3, 0.4) is 0 Å². The van der Waals surface area contributed by atoms with E-state index in [1.807, 2.05) is 36.4 Å². The van der Waals surface area contributed by atoms with Crippen LogP contribution in [0.5, 0.6) is 0 Å². The quantitative estimate of drug-likeness (QED) is 0.807. The predicted octanol–water partition coefficient (Wildman–Crippen LogP) is 4.40. The van der Waals surface area contributed by atoms with Crippen LogP contribution < -0.4 is 20.4 Å².